The molecule has 0 bridgehead atoms. The highest BCUT2D eigenvalue weighted by Gasteiger charge is 2.15. The molecule has 1 unspecified atom stereocenters. The number of hydrogen-bond donors (Lipinski definition) is 2. The van der Waals surface area contributed by atoms with Crippen LogP contribution in [0.4, 0.5) is 0 Å². The summed E-state index contributed by atoms with van der Waals surface area (Å²) in [5, 5.41) is 11.3. The van der Waals surface area contributed by atoms with Crippen LogP contribution in [0.15, 0.2) is 0 Å². The maximum absolute atomic E-state index is 11.1. The number of esters is 1. The molecule has 0 spiro atoms. The van der Waals surface area contributed by atoms with E-state index in [1.54, 1.807) is 0 Å². The average molecular weight is 240 g/mol. The zero-order valence-electron chi connectivity index (χ0n) is 8.99. The molecule has 6 heteroatoms. The minimum Gasteiger partial charge on any atom is -0.481 e. The van der Waals surface area contributed by atoms with Crippen LogP contribution >= 0.6 is 12.4 Å². The molecule has 0 aliphatic rings. The third kappa shape index (κ3) is 8.20. The molecule has 90 valence electrons. The van der Waals surface area contributed by atoms with Crippen LogP contribution in [0.5, 0.6) is 0 Å². The van der Waals surface area contributed by atoms with Gasteiger partial charge in [0.05, 0.1) is 7.11 Å². The Morgan fingerprint density at radius 3 is 2.47 bits per heavy atom. The molecular weight excluding hydrogens is 222 g/mol. The van der Waals surface area contributed by atoms with Gasteiger partial charge < -0.3 is 15.2 Å². The monoisotopic (exact) mass is 239 g/mol. The molecule has 0 aromatic carbocycles. The van der Waals surface area contributed by atoms with E-state index in [0.29, 0.717) is 19.4 Å². The minimum atomic E-state index is -0.821. The van der Waals surface area contributed by atoms with Crippen molar-refractivity contribution in [3.8, 4) is 0 Å². The van der Waals surface area contributed by atoms with Gasteiger partial charge in [-0.15, -0.1) is 12.4 Å². The van der Waals surface area contributed by atoms with Crippen molar-refractivity contribution in [1.29, 1.82) is 0 Å². The van der Waals surface area contributed by atoms with Crippen molar-refractivity contribution >= 4 is 24.3 Å². The molecular formula is C9H18ClNO4. The van der Waals surface area contributed by atoms with Crippen molar-refractivity contribution in [1.82, 2.24) is 5.32 Å². The first kappa shape index (κ1) is 16.6. The number of carboxylic acid groups (broad SMARTS) is 1. The molecule has 0 fully saturated rings. The van der Waals surface area contributed by atoms with E-state index in [9.17, 15) is 9.59 Å². The van der Waals surface area contributed by atoms with Gasteiger partial charge in [0, 0.05) is 6.42 Å². The molecule has 0 aromatic rings. The molecule has 2 N–H and O–H groups in total. The lowest BCUT2D eigenvalue weighted by atomic mass is 10.2. The maximum atomic E-state index is 11.1. The Balaban J connectivity index is 0. The van der Waals surface area contributed by atoms with Gasteiger partial charge in [-0.2, -0.15) is 0 Å². The van der Waals surface area contributed by atoms with Gasteiger partial charge in [-0.05, 0) is 19.4 Å². The van der Waals surface area contributed by atoms with Gasteiger partial charge in [0.1, 0.15) is 6.04 Å². The topological polar surface area (TPSA) is 75.6 Å². The Morgan fingerprint density at radius 1 is 1.47 bits per heavy atom. The van der Waals surface area contributed by atoms with Crippen LogP contribution in [0.2, 0.25) is 0 Å². The number of halogens is 1. The van der Waals surface area contributed by atoms with Gasteiger partial charge in [-0.3, -0.25) is 9.59 Å². The minimum absolute atomic E-state index is 0. The van der Waals surface area contributed by atoms with Gasteiger partial charge in [0.15, 0.2) is 0 Å². The number of rotatable bonds is 7. The zero-order chi connectivity index (χ0) is 11.0. The fourth-order valence-corrected chi connectivity index (χ4v) is 1.05. The van der Waals surface area contributed by atoms with Gasteiger partial charge in [-0.1, -0.05) is 6.92 Å². The number of carbonyl (C=O) groups is 2. The van der Waals surface area contributed by atoms with Crippen LogP contribution in [-0.2, 0) is 14.3 Å². The number of ether oxygens (including phenoxy) is 1. The van der Waals surface area contributed by atoms with Gasteiger partial charge >= 0.3 is 11.9 Å². The van der Waals surface area contributed by atoms with E-state index in [1.165, 1.54) is 7.11 Å². The fraction of sp³-hybridized carbons (Fsp3) is 0.778. The van der Waals surface area contributed by atoms with Crippen LogP contribution in [0, 0.1) is 0 Å². The molecule has 15 heavy (non-hydrogen) atoms. The highest BCUT2D eigenvalue weighted by Crippen LogP contribution is 1.95. The number of carboxylic acids is 1. The maximum Gasteiger partial charge on any atom is 0.322 e. The van der Waals surface area contributed by atoms with Crippen molar-refractivity contribution in [3.05, 3.63) is 0 Å². The van der Waals surface area contributed by atoms with E-state index in [2.05, 4.69) is 10.1 Å². The first-order chi connectivity index (χ1) is 6.61. The normalized spacial score (nSPS) is 11.3. The van der Waals surface area contributed by atoms with Crippen LogP contribution < -0.4 is 5.32 Å². The molecule has 0 heterocycles. The third-order valence-electron chi connectivity index (χ3n) is 1.85. The van der Waals surface area contributed by atoms with Crippen LogP contribution in [0.3, 0.4) is 0 Å². The highest BCUT2D eigenvalue weighted by molar-refractivity contribution is 5.85. The van der Waals surface area contributed by atoms with Gasteiger partial charge in [-0.25, -0.2) is 0 Å². The molecule has 0 amide bonds. The molecule has 0 saturated carbocycles. The second-order valence-corrected chi connectivity index (χ2v) is 2.94. The molecule has 0 aliphatic carbocycles. The molecule has 0 saturated heterocycles. The summed E-state index contributed by atoms with van der Waals surface area (Å²) in [6.45, 7) is 2.38. The van der Waals surface area contributed by atoms with E-state index in [-0.39, 0.29) is 30.8 Å². The predicted octanol–water partition coefficient (Wildman–Crippen LogP) is 0.814. The number of hydrogen-bond acceptors (Lipinski definition) is 4. The summed E-state index contributed by atoms with van der Waals surface area (Å²) in [5.74, 6) is -1.12. The second-order valence-electron chi connectivity index (χ2n) is 2.94. The van der Waals surface area contributed by atoms with Crippen molar-refractivity contribution in [2.24, 2.45) is 0 Å². The van der Waals surface area contributed by atoms with Crippen molar-refractivity contribution in [2.45, 2.75) is 32.2 Å². The summed E-state index contributed by atoms with van der Waals surface area (Å²) in [7, 11) is 1.34. The standard InChI is InChI=1S/C9H17NO4.ClH/c1-3-7(9(13)14-2)10-6-4-5-8(11)12;/h7,10H,3-6H2,1-2H3,(H,11,12);1H. The van der Waals surface area contributed by atoms with Gasteiger partial charge in [0.2, 0.25) is 0 Å². The van der Waals surface area contributed by atoms with Crippen LogP contribution in [0.25, 0.3) is 0 Å². The lowest BCUT2D eigenvalue weighted by Gasteiger charge is -2.13. The summed E-state index contributed by atoms with van der Waals surface area (Å²) in [4.78, 5) is 21.3. The summed E-state index contributed by atoms with van der Waals surface area (Å²) < 4.78 is 4.56. The number of nitrogens with one attached hydrogen (secondary N) is 1. The number of methoxy groups -OCH3 is 1. The summed E-state index contributed by atoms with van der Waals surface area (Å²) in [6, 6.07) is -0.325. The quantitative estimate of drug-likeness (QED) is 0.508. The molecule has 5 nitrogen and oxygen atoms in total. The number of carbonyl (C=O) groups excluding carboxylic acids is 1. The average Bonchev–Trinajstić information content (AvgIpc) is 2.16. The van der Waals surface area contributed by atoms with Crippen LogP contribution in [0.1, 0.15) is 26.2 Å². The predicted molar refractivity (Wildman–Crippen MR) is 58.2 cm³/mol. The molecule has 0 aromatic heterocycles. The Kier molecular flexibility index (Phi) is 10.8. The Labute approximate surface area is 95.6 Å². The third-order valence-corrected chi connectivity index (χ3v) is 1.85. The molecule has 0 radical (unpaired) electrons. The van der Waals surface area contributed by atoms with E-state index in [4.69, 9.17) is 5.11 Å². The first-order valence-corrected chi connectivity index (χ1v) is 4.64. The lowest BCUT2D eigenvalue weighted by Crippen LogP contribution is -2.37. The SMILES string of the molecule is CCC(NCCCC(=O)O)C(=O)OC.Cl. The Bertz CT molecular complexity index is 199. The Hall–Kier alpha value is -0.810. The van der Waals surface area contributed by atoms with Crippen LogP contribution in [-0.4, -0.2) is 36.7 Å². The molecule has 0 aliphatic heterocycles. The zero-order valence-corrected chi connectivity index (χ0v) is 9.80. The van der Waals surface area contributed by atoms with Crippen molar-refractivity contribution in [3.63, 3.8) is 0 Å². The van der Waals surface area contributed by atoms with Crippen molar-refractivity contribution in [2.75, 3.05) is 13.7 Å². The molecule has 0 rings (SSSR count). The van der Waals surface area contributed by atoms with Gasteiger partial charge in [0.25, 0.3) is 0 Å². The van der Waals surface area contributed by atoms with E-state index >= 15 is 0 Å². The Morgan fingerprint density at radius 2 is 2.07 bits per heavy atom. The van der Waals surface area contributed by atoms with E-state index < -0.39 is 5.97 Å². The summed E-state index contributed by atoms with van der Waals surface area (Å²) >= 11 is 0. The van der Waals surface area contributed by atoms with E-state index in [0.717, 1.165) is 0 Å². The largest absolute Gasteiger partial charge is 0.481 e. The highest BCUT2D eigenvalue weighted by atomic mass is 35.5. The summed E-state index contributed by atoms with van der Waals surface area (Å²) in [6.07, 6.45) is 1.27. The van der Waals surface area contributed by atoms with E-state index in [1.807, 2.05) is 6.92 Å². The first-order valence-electron chi connectivity index (χ1n) is 4.64. The second kappa shape index (κ2) is 9.73. The number of aliphatic carboxylic acids is 1. The molecule has 1 atom stereocenters. The lowest BCUT2D eigenvalue weighted by molar-refractivity contribution is -0.143. The van der Waals surface area contributed by atoms with Crippen molar-refractivity contribution < 1.29 is 19.4 Å². The summed E-state index contributed by atoms with van der Waals surface area (Å²) in [5.41, 5.74) is 0. The smallest absolute Gasteiger partial charge is 0.322 e. The fourth-order valence-electron chi connectivity index (χ4n) is 1.05.